The molecule has 7 nitrogen and oxygen atoms in total. The van der Waals surface area contributed by atoms with E-state index in [-0.39, 0.29) is 0 Å². The molecule has 1 aromatic carbocycles. The number of carbonyl (C=O) groups is 2. The molecular weight excluding hydrogens is 262 g/mol. The Bertz CT molecular complexity index is 551. The molecule has 2 unspecified atom stereocenters. The van der Waals surface area contributed by atoms with Crippen molar-refractivity contribution in [2.45, 2.75) is 19.1 Å². The lowest BCUT2D eigenvalue weighted by Gasteiger charge is -2.22. The van der Waals surface area contributed by atoms with Crippen molar-refractivity contribution in [3.05, 3.63) is 29.8 Å². The zero-order chi connectivity index (χ0) is 15.3. The molecule has 0 fully saturated rings. The Hall–Kier alpha value is -2.59. The number of carbonyl (C=O) groups excluding carboxylic acids is 1. The zero-order valence-corrected chi connectivity index (χ0v) is 11.1. The average molecular weight is 277 g/mol. The van der Waals surface area contributed by atoms with Gasteiger partial charge in [0.05, 0.1) is 17.7 Å². The maximum atomic E-state index is 11.9. The summed E-state index contributed by atoms with van der Waals surface area (Å²) in [6.07, 6.45) is -1.23. The highest BCUT2D eigenvalue weighted by atomic mass is 16.4. The van der Waals surface area contributed by atoms with Crippen LogP contribution in [0.1, 0.15) is 12.5 Å². The number of rotatable bonds is 4. The Balaban J connectivity index is 2.86. The molecule has 0 radical (unpaired) electrons. The minimum Gasteiger partial charge on any atom is -0.480 e. The largest absolute Gasteiger partial charge is 0.480 e. The summed E-state index contributed by atoms with van der Waals surface area (Å²) in [7, 11) is 1.44. The number of nitrogens with one attached hydrogen (secondary N) is 1. The second-order valence-corrected chi connectivity index (χ2v) is 4.23. The molecule has 0 saturated heterocycles. The number of hydrogen-bond donors (Lipinski definition) is 3. The summed E-state index contributed by atoms with van der Waals surface area (Å²) in [4.78, 5) is 24.0. The van der Waals surface area contributed by atoms with Gasteiger partial charge in [-0.1, -0.05) is 6.07 Å². The van der Waals surface area contributed by atoms with E-state index in [1.807, 2.05) is 6.07 Å². The highest BCUT2D eigenvalue weighted by molar-refractivity contribution is 5.94. The van der Waals surface area contributed by atoms with Crippen LogP contribution in [0, 0.1) is 11.3 Å². The van der Waals surface area contributed by atoms with Gasteiger partial charge in [-0.25, -0.2) is 9.59 Å². The van der Waals surface area contributed by atoms with Crippen molar-refractivity contribution in [2.75, 3.05) is 11.9 Å². The number of urea groups is 1. The molecule has 0 aliphatic heterocycles. The number of hydrogen-bond acceptors (Lipinski definition) is 4. The van der Waals surface area contributed by atoms with Crippen LogP contribution in [-0.4, -0.2) is 41.4 Å². The standard InChI is InChI=1S/C13H15N3O4/c1-8(17)11(12(18)19)15-13(20)16(2)10-5-3-4-9(6-10)7-14/h3-6,8,11,17H,1-2H3,(H,15,20)(H,18,19). The van der Waals surface area contributed by atoms with Gasteiger partial charge in [-0.15, -0.1) is 0 Å². The monoisotopic (exact) mass is 277 g/mol. The van der Waals surface area contributed by atoms with Gasteiger partial charge < -0.3 is 15.5 Å². The highest BCUT2D eigenvalue weighted by Crippen LogP contribution is 2.14. The molecule has 20 heavy (non-hydrogen) atoms. The highest BCUT2D eigenvalue weighted by Gasteiger charge is 2.26. The third kappa shape index (κ3) is 3.70. The summed E-state index contributed by atoms with van der Waals surface area (Å²) in [5.41, 5.74) is 0.823. The maximum absolute atomic E-state index is 11.9. The number of aliphatic carboxylic acids is 1. The first-order valence-electron chi connectivity index (χ1n) is 5.82. The molecule has 106 valence electrons. The number of carboxylic acids is 1. The van der Waals surface area contributed by atoms with Gasteiger partial charge in [0.15, 0.2) is 6.04 Å². The van der Waals surface area contributed by atoms with Gasteiger partial charge in [-0.2, -0.15) is 5.26 Å². The molecule has 0 saturated carbocycles. The Morgan fingerprint density at radius 1 is 1.45 bits per heavy atom. The van der Waals surface area contributed by atoms with E-state index in [1.54, 1.807) is 18.2 Å². The van der Waals surface area contributed by atoms with Gasteiger partial charge in [-0.05, 0) is 25.1 Å². The van der Waals surface area contributed by atoms with Crippen LogP contribution in [0.15, 0.2) is 24.3 Å². The average Bonchev–Trinajstić information content (AvgIpc) is 2.42. The first kappa shape index (κ1) is 15.5. The molecule has 0 aromatic heterocycles. The molecule has 1 rings (SSSR count). The summed E-state index contributed by atoms with van der Waals surface area (Å²) in [5, 5.41) is 29.2. The van der Waals surface area contributed by atoms with Crippen LogP contribution in [0.5, 0.6) is 0 Å². The lowest BCUT2D eigenvalue weighted by molar-refractivity contribution is -0.141. The SMILES string of the molecule is CC(O)C(NC(=O)N(C)c1cccc(C#N)c1)C(=O)O. The van der Waals surface area contributed by atoms with Crippen LogP contribution in [0.2, 0.25) is 0 Å². The topological polar surface area (TPSA) is 114 Å². The first-order chi connectivity index (χ1) is 9.36. The summed E-state index contributed by atoms with van der Waals surface area (Å²) < 4.78 is 0. The fraction of sp³-hybridized carbons (Fsp3) is 0.308. The number of nitrogens with zero attached hydrogens (tertiary/aromatic N) is 2. The van der Waals surface area contributed by atoms with Crippen LogP contribution >= 0.6 is 0 Å². The van der Waals surface area contributed by atoms with Crippen molar-refractivity contribution in [1.29, 1.82) is 5.26 Å². The van der Waals surface area contributed by atoms with Gasteiger partial charge in [0.25, 0.3) is 0 Å². The third-order valence-electron chi connectivity index (χ3n) is 2.69. The number of benzene rings is 1. The Labute approximate surface area is 116 Å². The Morgan fingerprint density at radius 2 is 2.10 bits per heavy atom. The van der Waals surface area contributed by atoms with Crippen LogP contribution in [0.25, 0.3) is 0 Å². The fourth-order valence-electron chi connectivity index (χ4n) is 1.52. The molecule has 0 spiro atoms. The summed E-state index contributed by atoms with van der Waals surface area (Å²) in [6.45, 7) is 1.27. The molecule has 0 aliphatic rings. The quantitative estimate of drug-likeness (QED) is 0.743. The van der Waals surface area contributed by atoms with Crippen molar-refractivity contribution < 1.29 is 19.8 Å². The van der Waals surface area contributed by atoms with E-state index in [0.717, 1.165) is 0 Å². The van der Waals surface area contributed by atoms with Crippen LogP contribution in [0.3, 0.4) is 0 Å². The third-order valence-corrected chi connectivity index (χ3v) is 2.69. The minimum absolute atomic E-state index is 0.382. The number of anilines is 1. The van der Waals surface area contributed by atoms with Gasteiger partial charge in [-0.3, -0.25) is 4.90 Å². The molecule has 3 N–H and O–H groups in total. The lowest BCUT2D eigenvalue weighted by Crippen LogP contribution is -2.51. The molecule has 0 heterocycles. The van der Waals surface area contributed by atoms with Crippen molar-refractivity contribution >= 4 is 17.7 Å². The second-order valence-electron chi connectivity index (χ2n) is 4.23. The molecule has 0 bridgehead atoms. The van der Waals surface area contributed by atoms with Crippen LogP contribution in [-0.2, 0) is 4.79 Å². The second kappa shape index (κ2) is 6.54. The van der Waals surface area contributed by atoms with E-state index in [2.05, 4.69) is 5.32 Å². The van der Waals surface area contributed by atoms with Crippen molar-refractivity contribution in [3.63, 3.8) is 0 Å². The van der Waals surface area contributed by atoms with E-state index >= 15 is 0 Å². The first-order valence-corrected chi connectivity index (χ1v) is 5.82. The number of nitriles is 1. The van der Waals surface area contributed by atoms with Crippen molar-refractivity contribution in [3.8, 4) is 6.07 Å². The molecule has 0 aliphatic carbocycles. The molecule has 2 atom stereocenters. The number of amides is 2. The van der Waals surface area contributed by atoms with E-state index < -0.39 is 24.1 Å². The Morgan fingerprint density at radius 3 is 2.60 bits per heavy atom. The van der Waals surface area contributed by atoms with Crippen LogP contribution < -0.4 is 10.2 Å². The van der Waals surface area contributed by atoms with Crippen molar-refractivity contribution in [1.82, 2.24) is 5.32 Å². The lowest BCUT2D eigenvalue weighted by atomic mass is 10.2. The Kier molecular flexibility index (Phi) is 5.06. The maximum Gasteiger partial charge on any atom is 0.328 e. The predicted molar refractivity (Wildman–Crippen MR) is 71.2 cm³/mol. The summed E-state index contributed by atoms with van der Waals surface area (Å²) in [5.74, 6) is -1.33. The van der Waals surface area contributed by atoms with Crippen molar-refractivity contribution in [2.24, 2.45) is 0 Å². The van der Waals surface area contributed by atoms with E-state index in [0.29, 0.717) is 11.3 Å². The van der Waals surface area contributed by atoms with E-state index in [1.165, 1.54) is 24.9 Å². The molecule has 2 amide bonds. The number of carboxylic acid groups (broad SMARTS) is 1. The van der Waals surface area contributed by atoms with E-state index in [9.17, 15) is 14.7 Å². The number of aliphatic hydroxyl groups is 1. The van der Waals surface area contributed by atoms with E-state index in [4.69, 9.17) is 10.4 Å². The van der Waals surface area contributed by atoms with Gasteiger partial charge in [0.2, 0.25) is 0 Å². The zero-order valence-electron chi connectivity index (χ0n) is 11.1. The predicted octanol–water partition coefficient (Wildman–Crippen LogP) is 0.538. The van der Waals surface area contributed by atoms with Gasteiger partial charge in [0, 0.05) is 12.7 Å². The summed E-state index contributed by atoms with van der Waals surface area (Å²) in [6, 6.07) is 6.17. The molecule has 7 heteroatoms. The fourth-order valence-corrected chi connectivity index (χ4v) is 1.52. The van der Waals surface area contributed by atoms with Gasteiger partial charge >= 0.3 is 12.0 Å². The molecular formula is C13H15N3O4. The smallest absolute Gasteiger partial charge is 0.328 e. The molecule has 1 aromatic rings. The minimum atomic E-state index is -1.40. The number of aliphatic hydroxyl groups excluding tert-OH is 1. The normalized spacial score (nSPS) is 12.9. The van der Waals surface area contributed by atoms with Crippen LogP contribution in [0.4, 0.5) is 10.5 Å². The summed E-state index contributed by atoms with van der Waals surface area (Å²) >= 11 is 0. The van der Waals surface area contributed by atoms with Gasteiger partial charge in [0.1, 0.15) is 0 Å².